The third kappa shape index (κ3) is 5.99. The second kappa shape index (κ2) is 11.1. The van der Waals surface area contributed by atoms with Crippen LogP contribution < -0.4 is 9.50 Å². The molecule has 0 aliphatic carbocycles. The molecule has 0 spiro atoms. The third-order valence-corrected chi connectivity index (χ3v) is 4.49. The number of benzene rings is 2. The first-order valence-electron chi connectivity index (χ1n) is 8.91. The van der Waals surface area contributed by atoms with Gasteiger partial charge in [0.05, 0.1) is 17.8 Å². The molecule has 0 aliphatic rings. The number of carbonyl (C=O) groups excluding carboxylic acids is 1. The Labute approximate surface area is 175 Å². The molecule has 0 fully saturated rings. The van der Waals surface area contributed by atoms with Crippen LogP contribution in [0.1, 0.15) is 29.2 Å². The number of aryl methyl sites for hydroxylation is 1. The molecule has 0 heterocycles. The summed E-state index contributed by atoms with van der Waals surface area (Å²) in [6, 6.07) is 13.2. The quantitative estimate of drug-likeness (QED) is 0.384. The molecule has 2 aromatic carbocycles. The Morgan fingerprint density at radius 1 is 1.17 bits per heavy atom. The molecule has 1 N–H and O–H groups in total. The van der Waals surface area contributed by atoms with Gasteiger partial charge in [-0.15, -0.1) is 0 Å². The van der Waals surface area contributed by atoms with Crippen molar-refractivity contribution in [1.82, 2.24) is 5.32 Å². The van der Waals surface area contributed by atoms with Crippen molar-refractivity contribution in [3.63, 3.8) is 0 Å². The van der Waals surface area contributed by atoms with Gasteiger partial charge < -0.3 is 19.2 Å². The summed E-state index contributed by atoms with van der Waals surface area (Å²) < 4.78 is 5.44. The minimum Gasteiger partial charge on any atom is -0.426 e. The lowest BCUT2D eigenvalue weighted by Crippen LogP contribution is -2.29. The Morgan fingerprint density at radius 3 is 2.62 bits per heavy atom. The van der Waals surface area contributed by atoms with E-state index in [0.29, 0.717) is 11.3 Å². The van der Waals surface area contributed by atoms with Crippen LogP contribution in [0.5, 0.6) is 5.75 Å². The van der Waals surface area contributed by atoms with Gasteiger partial charge in [-0.25, -0.2) is 0 Å². The van der Waals surface area contributed by atoms with Crippen LogP contribution >= 0.6 is 12.0 Å². The molecule has 0 bridgehead atoms. The minimum atomic E-state index is -0.344. The van der Waals surface area contributed by atoms with Crippen molar-refractivity contribution in [3.8, 4) is 5.75 Å². The van der Waals surface area contributed by atoms with E-state index in [4.69, 9.17) is 13.9 Å². The number of hydrogen-bond acceptors (Lipinski definition) is 7. The van der Waals surface area contributed by atoms with Crippen LogP contribution in [0.4, 0.5) is 0 Å². The van der Waals surface area contributed by atoms with Gasteiger partial charge in [-0.05, 0) is 31.5 Å². The van der Waals surface area contributed by atoms with Crippen LogP contribution in [-0.2, 0) is 21.1 Å². The molecule has 0 unspecified atom stereocenters. The molecule has 29 heavy (non-hydrogen) atoms. The van der Waals surface area contributed by atoms with E-state index in [1.54, 1.807) is 13.1 Å². The van der Waals surface area contributed by atoms with E-state index < -0.39 is 0 Å². The highest BCUT2D eigenvalue weighted by Gasteiger charge is 2.19. The number of nitrogens with zero attached hydrogens (tertiary/aromatic N) is 2. The van der Waals surface area contributed by atoms with E-state index in [1.807, 2.05) is 56.5 Å². The largest absolute Gasteiger partial charge is 0.426 e. The van der Waals surface area contributed by atoms with Crippen LogP contribution in [0.15, 0.2) is 52.8 Å². The normalized spacial score (nSPS) is 11.8. The van der Waals surface area contributed by atoms with Crippen LogP contribution in [-0.4, -0.2) is 37.7 Å². The zero-order valence-electron chi connectivity index (χ0n) is 17.2. The average Bonchev–Trinajstić information content (AvgIpc) is 2.73. The van der Waals surface area contributed by atoms with E-state index in [-0.39, 0.29) is 18.2 Å². The van der Waals surface area contributed by atoms with E-state index in [2.05, 4.69) is 15.6 Å². The Bertz CT molecular complexity index is 913. The molecule has 0 aromatic heterocycles. The maximum Gasteiger partial charge on any atom is 0.273 e. The standard InChI is InChI=1S/C21H25N3O4S/c1-14-8-6-11-18(20(24-26-4)21(25)22-3)19(14)13-27-23-15(2)16-9-7-10-17(12-16)28-29-5/h6-12H,13H2,1-5H3,(H,22,25)/b23-15+,24-20+. The molecule has 7 nitrogen and oxygen atoms in total. The van der Waals surface area contributed by atoms with Crippen LogP contribution in [0.25, 0.3) is 0 Å². The van der Waals surface area contributed by atoms with Crippen LogP contribution in [0, 0.1) is 6.92 Å². The lowest BCUT2D eigenvalue weighted by atomic mass is 9.98. The van der Waals surface area contributed by atoms with E-state index >= 15 is 0 Å². The molecule has 2 rings (SSSR count). The van der Waals surface area contributed by atoms with Gasteiger partial charge in [0.2, 0.25) is 0 Å². The summed E-state index contributed by atoms with van der Waals surface area (Å²) in [6.45, 7) is 3.98. The van der Waals surface area contributed by atoms with E-state index in [9.17, 15) is 4.79 Å². The topological polar surface area (TPSA) is 81.5 Å². The van der Waals surface area contributed by atoms with Gasteiger partial charge in [0.25, 0.3) is 5.91 Å². The fourth-order valence-corrected chi connectivity index (χ4v) is 2.95. The molecular formula is C21H25N3O4S. The zero-order chi connectivity index (χ0) is 21.2. The minimum absolute atomic E-state index is 0.180. The van der Waals surface area contributed by atoms with Crippen molar-refractivity contribution in [2.45, 2.75) is 20.5 Å². The molecular weight excluding hydrogens is 390 g/mol. The molecule has 0 radical (unpaired) electrons. The zero-order valence-corrected chi connectivity index (χ0v) is 18.0. The number of likely N-dealkylation sites (N-methyl/N-ethyl adjacent to an activating group) is 1. The maximum absolute atomic E-state index is 12.2. The third-order valence-electron chi connectivity index (χ3n) is 4.13. The molecule has 0 atom stereocenters. The first-order valence-corrected chi connectivity index (χ1v) is 10.1. The highest BCUT2D eigenvalue weighted by Crippen LogP contribution is 2.19. The van der Waals surface area contributed by atoms with E-state index in [0.717, 1.165) is 22.4 Å². The molecule has 2 aromatic rings. The highest BCUT2D eigenvalue weighted by molar-refractivity contribution is 7.94. The SMILES string of the molecule is CNC(=O)/C(=N/OC)c1cccc(C)c1CO/N=C(\C)c1cccc(OSC)c1. The van der Waals surface area contributed by atoms with Crippen LogP contribution in [0.3, 0.4) is 0 Å². The predicted molar refractivity (Wildman–Crippen MR) is 116 cm³/mol. The number of carbonyl (C=O) groups is 1. The maximum atomic E-state index is 12.2. The monoisotopic (exact) mass is 415 g/mol. The fraction of sp³-hybridized carbons (Fsp3) is 0.286. The number of rotatable bonds is 9. The summed E-state index contributed by atoms with van der Waals surface area (Å²) in [5.41, 5.74) is 4.19. The summed E-state index contributed by atoms with van der Waals surface area (Å²) in [4.78, 5) is 22.7. The molecule has 1 amide bonds. The summed E-state index contributed by atoms with van der Waals surface area (Å²) in [6.07, 6.45) is 1.86. The van der Waals surface area contributed by atoms with Gasteiger partial charge in [0.15, 0.2) is 5.71 Å². The second-order valence-corrected chi connectivity index (χ2v) is 6.53. The van der Waals surface area contributed by atoms with E-state index in [1.165, 1.54) is 19.2 Å². The Morgan fingerprint density at radius 2 is 1.93 bits per heavy atom. The first-order chi connectivity index (χ1) is 14.0. The van der Waals surface area contributed by atoms with Gasteiger partial charge in [-0.2, -0.15) is 0 Å². The van der Waals surface area contributed by atoms with Crippen molar-refractivity contribution < 1.29 is 18.7 Å². The Balaban J connectivity index is 2.24. The smallest absolute Gasteiger partial charge is 0.273 e. The summed E-state index contributed by atoms with van der Waals surface area (Å²) >= 11 is 1.28. The summed E-state index contributed by atoms with van der Waals surface area (Å²) in [5, 5.41) is 10.7. The highest BCUT2D eigenvalue weighted by atomic mass is 32.2. The van der Waals surface area contributed by atoms with Crippen LogP contribution in [0.2, 0.25) is 0 Å². The van der Waals surface area contributed by atoms with Crippen molar-refractivity contribution >= 4 is 29.4 Å². The Hall–Kier alpha value is -3.00. The van der Waals surface area contributed by atoms with Gasteiger partial charge >= 0.3 is 0 Å². The van der Waals surface area contributed by atoms with Crippen molar-refractivity contribution in [3.05, 3.63) is 64.7 Å². The molecule has 154 valence electrons. The van der Waals surface area contributed by atoms with Crippen molar-refractivity contribution in [2.75, 3.05) is 20.4 Å². The predicted octanol–water partition coefficient (Wildman–Crippen LogP) is 3.69. The Kier molecular flexibility index (Phi) is 8.54. The van der Waals surface area contributed by atoms with Gasteiger partial charge in [0, 0.05) is 30.0 Å². The fourth-order valence-electron chi connectivity index (χ4n) is 2.65. The van der Waals surface area contributed by atoms with Gasteiger partial charge in [-0.1, -0.05) is 40.6 Å². The van der Waals surface area contributed by atoms with Gasteiger partial charge in [-0.3, -0.25) is 4.79 Å². The number of amides is 1. The average molecular weight is 416 g/mol. The molecule has 8 heteroatoms. The molecule has 0 aliphatic heterocycles. The lowest BCUT2D eigenvalue weighted by Gasteiger charge is -2.13. The number of nitrogens with one attached hydrogen (secondary N) is 1. The number of hydrogen-bond donors (Lipinski definition) is 1. The molecule has 0 saturated carbocycles. The summed E-state index contributed by atoms with van der Waals surface area (Å²) in [7, 11) is 2.94. The molecule has 0 saturated heterocycles. The second-order valence-electron chi connectivity index (χ2n) is 6.03. The lowest BCUT2D eigenvalue weighted by molar-refractivity contribution is -0.114. The summed E-state index contributed by atoms with van der Waals surface area (Å²) in [5.74, 6) is 0.403. The number of oxime groups is 2. The van der Waals surface area contributed by atoms with Crippen molar-refractivity contribution in [1.29, 1.82) is 0 Å². The first kappa shape index (κ1) is 22.3. The van der Waals surface area contributed by atoms with Gasteiger partial charge in [0.1, 0.15) is 19.5 Å². The van der Waals surface area contributed by atoms with Crippen molar-refractivity contribution in [2.24, 2.45) is 10.3 Å².